The molecule has 0 aliphatic carbocycles. The van der Waals surface area contributed by atoms with Gasteiger partial charge in [0.1, 0.15) is 0 Å². The van der Waals surface area contributed by atoms with E-state index >= 15 is 0 Å². The first-order valence-electron chi connectivity index (χ1n) is 0.796. The number of terminal acetylenes is 1. The van der Waals surface area contributed by atoms with Crippen LogP contribution in [0.25, 0.3) is 0 Å². The first-order chi connectivity index (χ1) is 1.91. The van der Waals surface area contributed by atoms with Gasteiger partial charge in [-0.25, -0.2) is 0 Å². The summed E-state index contributed by atoms with van der Waals surface area (Å²) in [6.07, 6.45) is 4.71. The molecule has 0 aliphatic heterocycles. The molecule has 0 atom stereocenters. The van der Waals surface area contributed by atoms with Crippen molar-refractivity contribution in [3.8, 4) is 12.3 Å². The molecule has 0 fully saturated rings. The van der Waals surface area contributed by atoms with Gasteiger partial charge in [-0.2, -0.15) is 0 Å². The molecule has 0 nitrogen and oxygen atoms in total. The zero-order valence-corrected chi connectivity index (χ0v) is 4.19. The second kappa shape index (κ2) is 3.29. The van der Waals surface area contributed by atoms with Crippen LogP contribution in [0.15, 0.2) is 0 Å². The molecule has 0 aromatic heterocycles. The monoisotopic (exact) mass is 165 g/mol. The Morgan fingerprint density at radius 1 is 2.00 bits per heavy atom. The van der Waals surface area contributed by atoms with E-state index in [4.69, 9.17) is 6.42 Å². The van der Waals surface area contributed by atoms with Crippen LogP contribution in [0.2, 0.25) is 0 Å². The fraction of sp³-hybridized carbons (Fsp3) is 0. The SMILES string of the molecule is C#C[CH]I. The molecule has 0 unspecified atom stereocenters. The zero-order chi connectivity index (χ0) is 3.41. The lowest BCUT2D eigenvalue weighted by atomic mass is 10.9. The van der Waals surface area contributed by atoms with Crippen molar-refractivity contribution in [3.63, 3.8) is 0 Å². The largest absolute Gasteiger partial charge is 0.119 e. The molecule has 0 N–H and O–H groups in total. The van der Waals surface area contributed by atoms with Crippen LogP contribution < -0.4 is 0 Å². The molecule has 0 aliphatic rings. The first-order valence-corrected chi connectivity index (χ1v) is 2.04. The third-order valence-corrected chi connectivity index (χ3v) is 0.423. The van der Waals surface area contributed by atoms with Crippen LogP contribution in [0.5, 0.6) is 0 Å². The Kier molecular flexibility index (Phi) is 3.53. The van der Waals surface area contributed by atoms with Gasteiger partial charge in [0.05, 0.1) is 4.43 Å². The van der Waals surface area contributed by atoms with Gasteiger partial charge in [-0.15, -0.1) is 6.42 Å². The average Bonchev–Trinajstić information content (AvgIpc) is 1.37. The fourth-order valence-electron chi connectivity index (χ4n) is 0. The number of hydrogen-bond donors (Lipinski definition) is 0. The second-order valence-electron chi connectivity index (χ2n) is 0.276. The predicted molar refractivity (Wildman–Crippen MR) is 27.2 cm³/mol. The first kappa shape index (κ1) is 4.29. The maximum absolute atomic E-state index is 4.71. The van der Waals surface area contributed by atoms with Gasteiger partial charge in [0.15, 0.2) is 0 Å². The summed E-state index contributed by atoms with van der Waals surface area (Å²) in [5, 5.41) is 0. The summed E-state index contributed by atoms with van der Waals surface area (Å²) < 4.78 is 1.62. The van der Waals surface area contributed by atoms with Gasteiger partial charge in [-0.05, 0) is 0 Å². The second-order valence-corrected chi connectivity index (χ2v) is 0.899. The molecule has 0 heterocycles. The molecule has 0 bridgehead atoms. The summed E-state index contributed by atoms with van der Waals surface area (Å²) in [7, 11) is 0. The van der Waals surface area contributed by atoms with Gasteiger partial charge in [-0.1, -0.05) is 28.5 Å². The highest BCUT2D eigenvalue weighted by Crippen LogP contribution is 1.80. The van der Waals surface area contributed by atoms with Gasteiger partial charge >= 0.3 is 0 Å². The van der Waals surface area contributed by atoms with Crippen LogP contribution in [-0.2, 0) is 0 Å². The van der Waals surface area contributed by atoms with Crippen LogP contribution >= 0.6 is 22.6 Å². The minimum atomic E-state index is 1.62. The summed E-state index contributed by atoms with van der Waals surface area (Å²) >= 11 is 1.99. The molecule has 1 radical (unpaired) electrons. The third-order valence-electron chi connectivity index (χ3n) is 0.0630. The van der Waals surface area contributed by atoms with E-state index in [9.17, 15) is 0 Å². The van der Waals surface area contributed by atoms with E-state index in [0.29, 0.717) is 0 Å². The molecule has 0 aromatic rings. The maximum Gasteiger partial charge on any atom is 0.0943 e. The Morgan fingerprint density at radius 2 is 2.25 bits per heavy atom. The topological polar surface area (TPSA) is 0 Å². The van der Waals surface area contributed by atoms with E-state index in [1.807, 2.05) is 22.6 Å². The number of hydrogen-bond acceptors (Lipinski definition) is 0. The van der Waals surface area contributed by atoms with Gasteiger partial charge in [-0.3, -0.25) is 0 Å². The molecule has 4 heavy (non-hydrogen) atoms. The lowest BCUT2D eigenvalue weighted by molar-refractivity contribution is 2.38. The molecule has 0 amide bonds. The van der Waals surface area contributed by atoms with Crippen LogP contribution in [0.3, 0.4) is 0 Å². The fourth-order valence-corrected chi connectivity index (χ4v) is 0. The lowest BCUT2D eigenvalue weighted by Crippen LogP contribution is -1.31. The standard InChI is InChI=1S/C3H2I/c1-2-3-4/h1,3H. The molecule has 0 spiro atoms. The summed E-state index contributed by atoms with van der Waals surface area (Å²) in [6.45, 7) is 0. The van der Waals surface area contributed by atoms with E-state index in [2.05, 4.69) is 5.92 Å². The summed E-state index contributed by atoms with van der Waals surface area (Å²) in [5.41, 5.74) is 0. The predicted octanol–water partition coefficient (Wildman–Crippen LogP) is 1.22. The quantitative estimate of drug-likeness (QED) is 0.373. The Bertz CT molecular complexity index is 33.0. The molecule has 0 rings (SSSR count). The van der Waals surface area contributed by atoms with Gasteiger partial charge in [0.2, 0.25) is 0 Å². The minimum Gasteiger partial charge on any atom is -0.119 e. The van der Waals surface area contributed by atoms with Crippen LogP contribution in [0.4, 0.5) is 0 Å². The Morgan fingerprint density at radius 3 is 2.25 bits per heavy atom. The van der Waals surface area contributed by atoms with Gasteiger partial charge in [0.25, 0.3) is 0 Å². The van der Waals surface area contributed by atoms with Crippen molar-refractivity contribution < 1.29 is 0 Å². The van der Waals surface area contributed by atoms with E-state index in [-0.39, 0.29) is 0 Å². The highest BCUT2D eigenvalue weighted by molar-refractivity contribution is 14.1. The summed E-state index contributed by atoms with van der Waals surface area (Å²) in [6, 6.07) is 0. The Balaban J connectivity index is 2.43. The lowest BCUT2D eigenvalue weighted by Gasteiger charge is -1.48. The Labute approximate surface area is 39.7 Å². The van der Waals surface area contributed by atoms with E-state index < -0.39 is 0 Å². The van der Waals surface area contributed by atoms with Crippen LogP contribution in [0.1, 0.15) is 0 Å². The third kappa shape index (κ3) is 2.29. The van der Waals surface area contributed by atoms with Crippen molar-refractivity contribution in [1.29, 1.82) is 0 Å². The highest BCUT2D eigenvalue weighted by atomic mass is 127. The van der Waals surface area contributed by atoms with Crippen molar-refractivity contribution in [1.82, 2.24) is 0 Å². The van der Waals surface area contributed by atoms with E-state index in [1.54, 1.807) is 4.43 Å². The molecule has 21 valence electrons. The molecule has 0 saturated heterocycles. The summed E-state index contributed by atoms with van der Waals surface area (Å²) in [4.78, 5) is 0. The van der Waals surface area contributed by atoms with Crippen molar-refractivity contribution in [3.05, 3.63) is 4.43 Å². The van der Waals surface area contributed by atoms with E-state index in [0.717, 1.165) is 0 Å². The van der Waals surface area contributed by atoms with Crippen molar-refractivity contribution in [2.75, 3.05) is 0 Å². The average molecular weight is 165 g/mol. The zero-order valence-electron chi connectivity index (χ0n) is 2.03. The van der Waals surface area contributed by atoms with E-state index in [1.165, 1.54) is 0 Å². The van der Waals surface area contributed by atoms with Crippen molar-refractivity contribution in [2.45, 2.75) is 0 Å². The highest BCUT2D eigenvalue weighted by Gasteiger charge is 1.48. The van der Waals surface area contributed by atoms with Gasteiger partial charge in [0, 0.05) is 0 Å². The molecular formula is C3H2I. The number of rotatable bonds is 0. The molecular weight excluding hydrogens is 163 g/mol. The maximum atomic E-state index is 4.71. The summed E-state index contributed by atoms with van der Waals surface area (Å²) in [5.74, 6) is 2.29. The minimum absolute atomic E-state index is 1.62. The normalized spacial score (nSPS) is 5.00. The van der Waals surface area contributed by atoms with Crippen LogP contribution in [0, 0.1) is 16.8 Å². The number of halogens is 1. The van der Waals surface area contributed by atoms with Crippen molar-refractivity contribution in [2.24, 2.45) is 0 Å². The molecule has 0 aromatic carbocycles. The van der Waals surface area contributed by atoms with Crippen LogP contribution in [-0.4, -0.2) is 0 Å². The molecule has 1 heteroatoms. The molecule has 0 saturated carbocycles. The smallest absolute Gasteiger partial charge is 0.0943 e. The van der Waals surface area contributed by atoms with Gasteiger partial charge < -0.3 is 0 Å². The van der Waals surface area contributed by atoms with Crippen molar-refractivity contribution >= 4 is 22.6 Å². The Hall–Kier alpha value is 0.290.